The molecule has 2 amide bonds. The van der Waals surface area contributed by atoms with Crippen LogP contribution in [0.2, 0.25) is 0 Å². The summed E-state index contributed by atoms with van der Waals surface area (Å²) in [5.74, 6) is 0.401. The van der Waals surface area contributed by atoms with Crippen LogP contribution in [-0.2, 0) is 16.0 Å². The molecule has 1 aromatic rings. The smallest absolute Gasteiger partial charge is 0.338 e. The predicted octanol–water partition coefficient (Wildman–Crippen LogP) is 2.47. The highest BCUT2D eigenvalue weighted by molar-refractivity contribution is 5.72. The number of urea groups is 1. The third-order valence-corrected chi connectivity index (χ3v) is 4.19. The van der Waals surface area contributed by atoms with Gasteiger partial charge in [-0.3, -0.25) is 0 Å². The molecule has 114 valence electrons. The van der Waals surface area contributed by atoms with Crippen molar-refractivity contribution >= 4 is 6.03 Å². The third kappa shape index (κ3) is 3.74. The van der Waals surface area contributed by atoms with Crippen molar-refractivity contribution in [3.05, 3.63) is 35.4 Å². The molecule has 5 heteroatoms. The number of rotatable bonds is 4. The van der Waals surface area contributed by atoms with Gasteiger partial charge in [0.2, 0.25) is 0 Å². The molecule has 21 heavy (non-hydrogen) atoms. The molecule has 0 saturated carbocycles. The van der Waals surface area contributed by atoms with Crippen molar-refractivity contribution in [1.29, 1.82) is 0 Å². The van der Waals surface area contributed by atoms with E-state index in [0.717, 1.165) is 32.1 Å². The number of benzene rings is 1. The van der Waals surface area contributed by atoms with E-state index in [1.165, 1.54) is 11.1 Å². The Kier molecular flexibility index (Phi) is 4.72. The lowest BCUT2D eigenvalue weighted by Crippen LogP contribution is -2.40. The normalized spacial score (nSPS) is 24.4. The van der Waals surface area contributed by atoms with E-state index in [0.29, 0.717) is 19.1 Å². The zero-order valence-electron chi connectivity index (χ0n) is 12.1. The number of hydrogen-bond donors (Lipinski definition) is 2. The molecule has 2 atom stereocenters. The molecule has 0 aromatic heterocycles. The van der Waals surface area contributed by atoms with Crippen LogP contribution in [0.25, 0.3) is 0 Å². The first-order valence-corrected chi connectivity index (χ1v) is 7.72. The van der Waals surface area contributed by atoms with Gasteiger partial charge in [-0.25, -0.2) is 15.1 Å². The topological polar surface area (TPSA) is 59.6 Å². The zero-order valence-corrected chi connectivity index (χ0v) is 12.1. The Labute approximate surface area is 125 Å². The number of fused-ring (bicyclic) bond motifs is 1. The Morgan fingerprint density at radius 2 is 2.19 bits per heavy atom. The van der Waals surface area contributed by atoms with Gasteiger partial charge in [0.25, 0.3) is 0 Å². The van der Waals surface area contributed by atoms with Gasteiger partial charge in [0.15, 0.2) is 6.29 Å². The summed E-state index contributed by atoms with van der Waals surface area (Å²) in [7, 11) is 0. The molecular formula is C16H22N2O3. The summed E-state index contributed by atoms with van der Waals surface area (Å²) in [6.45, 7) is 1.34. The summed E-state index contributed by atoms with van der Waals surface area (Å²) in [5.41, 5.74) is 5.18. The number of ether oxygens (including phenoxy) is 1. The SMILES string of the molecule is O=C(NCC1CCc2ccccc21)NOC1CCCCO1. The van der Waals surface area contributed by atoms with E-state index in [2.05, 4.69) is 35.1 Å². The fourth-order valence-corrected chi connectivity index (χ4v) is 3.03. The third-order valence-electron chi connectivity index (χ3n) is 4.19. The number of aryl methyl sites for hydroxylation is 1. The van der Waals surface area contributed by atoms with Gasteiger partial charge in [-0.05, 0) is 36.8 Å². The Bertz CT molecular complexity index is 486. The summed E-state index contributed by atoms with van der Waals surface area (Å²) in [4.78, 5) is 17.0. The molecule has 1 aliphatic carbocycles. The molecule has 0 bridgehead atoms. The van der Waals surface area contributed by atoms with Crippen LogP contribution in [0.3, 0.4) is 0 Å². The molecular weight excluding hydrogens is 268 g/mol. The van der Waals surface area contributed by atoms with Crippen molar-refractivity contribution in [1.82, 2.24) is 10.8 Å². The maximum absolute atomic E-state index is 11.8. The predicted molar refractivity (Wildman–Crippen MR) is 78.7 cm³/mol. The van der Waals surface area contributed by atoms with Gasteiger partial charge in [-0.15, -0.1) is 0 Å². The molecule has 1 aliphatic heterocycles. The number of hydroxylamine groups is 1. The first-order valence-electron chi connectivity index (χ1n) is 7.72. The molecule has 2 aliphatic rings. The minimum atomic E-state index is -0.309. The lowest BCUT2D eigenvalue weighted by molar-refractivity contribution is -0.186. The van der Waals surface area contributed by atoms with Crippen molar-refractivity contribution < 1.29 is 14.4 Å². The van der Waals surface area contributed by atoms with Gasteiger partial charge in [0, 0.05) is 25.5 Å². The fraction of sp³-hybridized carbons (Fsp3) is 0.562. The van der Waals surface area contributed by atoms with Crippen molar-refractivity contribution in [2.24, 2.45) is 0 Å². The number of carbonyl (C=O) groups excluding carboxylic acids is 1. The van der Waals surface area contributed by atoms with Crippen LogP contribution in [0.4, 0.5) is 4.79 Å². The Hall–Kier alpha value is -1.59. The highest BCUT2D eigenvalue weighted by atomic mass is 16.8. The minimum Gasteiger partial charge on any atom is -0.350 e. The molecule has 1 fully saturated rings. The second kappa shape index (κ2) is 6.91. The van der Waals surface area contributed by atoms with E-state index in [4.69, 9.17) is 9.57 Å². The lowest BCUT2D eigenvalue weighted by Gasteiger charge is -2.22. The molecule has 1 saturated heterocycles. The average molecular weight is 290 g/mol. The van der Waals surface area contributed by atoms with E-state index < -0.39 is 0 Å². The summed E-state index contributed by atoms with van der Waals surface area (Å²) in [5, 5.41) is 2.87. The first kappa shape index (κ1) is 14.4. The average Bonchev–Trinajstić information content (AvgIpc) is 2.95. The molecule has 0 radical (unpaired) electrons. The highest BCUT2D eigenvalue weighted by Gasteiger charge is 2.22. The second-order valence-corrected chi connectivity index (χ2v) is 5.66. The van der Waals surface area contributed by atoms with Crippen molar-refractivity contribution in [2.75, 3.05) is 13.2 Å². The molecule has 3 rings (SSSR count). The largest absolute Gasteiger partial charge is 0.350 e. The standard InChI is InChI=1S/C16H22N2O3/c19-16(18-21-15-7-3-4-10-20-15)17-11-13-9-8-12-5-1-2-6-14(12)13/h1-2,5-6,13,15H,3-4,7-11H2,(H2,17,18,19). The van der Waals surface area contributed by atoms with E-state index in [1.807, 2.05) is 0 Å². The molecule has 2 unspecified atom stereocenters. The van der Waals surface area contributed by atoms with Crippen LogP contribution < -0.4 is 10.8 Å². The Morgan fingerprint density at radius 1 is 1.29 bits per heavy atom. The number of carbonyl (C=O) groups is 1. The summed E-state index contributed by atoms with van der Waals surface area (Å²) in [6, 6.07) is 8.14. The summed E-state index contributed by atoms with van der Waals surface area (Å²) >= 11 is 0. The number of nitrogens with one attached hydrogen (secondary N) is 2. The van der Waals surface area contributed by atoms with Crippen LogP contribution in [0.5, 0.6) is 0 Å². The molecule has 1 heterocycles. The Balaban J connectivity index is 1.40. The van der Waals surface area contributed by atoms with Gasteiger partial charge in [0.05, 0.1) is 0 Å². The van der Waals surface area contributed by atoms with E-state index in [1.54, 1.807) is 0 Å². The van der Waals surface area contributed by atoms with Crippen molar-refractivity contribution in [3.63, 3.8) is 0 Å². The lowest BCUT2D eigenvalue weighted by atomic mass is 10.0. The van der Waals surface area contributed by atoms with Crippen LogP contribution in [0.15, 0.2) is 24.3 Å². The van der Waals surface area contributed by atoms with Crippen LogP contribution in [0, 0.1) is 0 Å². The maximum Gasteiger partial charge on any atom is 0.338 e. The van der Waals surface area contributed by atoms with Gasteiger partial charge >= 0.3 is 6.03 Å². The van der Waals surface area contributed by atoms with Crippen LogP contribution in [0.1, 0.15) is 42.7 Å². The highest BCUT2D eigenvalue weighted by Crippen LogP contribution is 2.32. The summed E-state index contributed by atoms with van der Waals surface area (Å²) in [6.07, 6.45) is 4.84. The van der Waals surface area contributed by atoms with Gasteiger partial charge in [-0.1, -0.05) is 24.3 Å². The molecule has 0 spiro atoms. The first-order chi connectivity index (χ1) is 10.3. The molecule has 1 aromatic carbocycles. The van der Waals surface area contributed by atoms with Crippen molar-refractivity contribution in [3.8, 4) is 0 Å². The Morgan fingerprint density at radius 3 is 3.05 bits per heavy atom. The van der Waals surface area contributed by atoms with Gasteiger partial charge < -0.3 is 10.1 Å². The fourth-order valence-electron chi connectivity index (χ4n) is 3.03. The maximum atomic E-state index is 11.8. The van der Waals surface area contributed by atoms with E-state index >= 15 is 0 Å². The zero-order chi connectivity index (χ0) is 14.5. The van der Waals surface area contributed by atoms with Crippen molar-refractivity contribution in [2.45, 2.75) is 44.3 Å². The number of amides is 2. The van der Waals surface area contributed by atoms with E-state index in [-0.39, 0.29) is 12.3 Å². The summed E-state index contributed by atoms with van der Waals surface area (Å²) < 4.78 is 5.39. The molecule has 5 nitrogen and oxygen atoms in total. The number of hydrogen-bond acceptors (Lipinski definition) is 3. The van der Waals surface area contributed by atoms with Gasteiger partial charge in [-0.2, -0.15) is 0 Å². The minimum absolute atomic E-state index is 0.298. The van der Waals surface area contributed by atoms with Crippen LogP contribution >= 0.6 is 0 Å². The molecule has 2 N–H and O–H groups in total. The van der Waals surface area contributed by atoms with Crippen LogP contribution in [-0.4, -0.2) is 25.5 Å². The second-order valence-electron chi connectivity index (χ2n) is 5.66. The monoisotopic (exact) mass is 290 g/mol. The van der Waals surface area contributed by atoms with Gasteiger partial charge in [0.1, 0.15) is 0 Å². The van der Waals surface area contributed by atoms with E-state index in [9.17, 15) is 4.79 Å². The quantitative estimate of drug-likeness (QED) is 0.838.